The largest absolute Gasteiger partial charge is 0.434 e. The molecule has 1 atom stereocenters. The molecule has 0 aliphatic carbocycles. The van der Waals surface area contributed by atoms with Crippen molar-refractivity contribution in [2.75, 3.05) is 0 Å². The van der Waals surface area contributed by atoms with Gasteiger partial charge in [-0.05, 0) is 19.1 Å². The molecule has 0 bridgehead atoms. The standard InChI is InChI=1S/C11H11F2N3O2/c1-6(14)10-15-9(16-18-10)7-4-2-3-5-8(7)17-11(12)13/h2-6,11H,14H2,1H3. The van der Waals surface area contributed by atoms with Crippen LogP contribution in [-0.4, -0.2) is 16.8 Å². The van der Waals surface area contributed by atoms with E-state index in [9.17, 15) is 8.78 Å². The van der Waals surface area contributed by atoms with Gasteiger partial charge in [-0.3, -0.25) is 0 Å². The van der Waals surface area contributed by atoms with E-state index in [0.29, 0.717) is 5.56 Å². The average Bonchev–Trinajstić information content (AvgIpc) is 2.78. The normalized spacial score (nSPS) is 12.7. The summed E-state index contributed by atoms with van der Waals surface area (Å²) in [5, 5.41) is 3.68. The molecule has 1 unspecified atom stereocenters. The van der Waals surface area contributed by atoms with Crippen molar-refractivity contribution in [3.8, 4) is 17.1 Å². The fraction of sp³-hybridized carbons (Fsp3) is 0.273. The molecule has 5 nitrogen and oxygen atoms in total. The van der Waals surface area contributed by atoms with Gasteiger partial charge in [0.05, 0.1) is 11.6 Å². The molecule has 1 heterocycles. The quantitative estimate of drug-likeness (QED) is 0.907. The fourth-order valence-corrected chi connectivity index (χ4v) is 1.38. The molecule has 2 N–H and O–H groups in total. The molecule has 96 valence electrons. The van der Waals surface area contributed by atoms with Gasteiger partial charge in [-0.15, -0.1) is 0 Å². The Morgan fingerprint density at radius 1 is 1.33 bits per heavy atom. The molecule has 0 amide bonds. The molecular weight excluding hydrogens is 244 g/mol. The van der Waals surface area contributed by atoms with Crippen LogP contribution in [0.15, 0.2) is 28.8 Å². The molecule has 0 spiro atoms. The van der Waals surface area contributed by atoms with Gasteiger partial charge in [-0.25, -0.2) is 0 Å². The van der Waals surface area contributed by atoms with Gasteiger partial charge in [0, 0.05) is 0 Å². The van der Waals surface area contributed by atoms with Crippen molar-refractivity contribution in [2.24, 2.45) is 5.73 Å². The highest BCUT2D eigenvalue weighted by Crippen LogP contribution is 2.29. The lowest BCUT2D eigenvalue weighted by atomic mass is 10.2. The van der Waals surface area contributed by atoms with Crippen LogP contribution in [0.4, 0.5) is 8.78 Å². The maximum atomic E-state index is 12.2. The monoisotopic (exact) mass is 255 g/mol. The first-order valence-corrected chi connectivity index (χ1v) is 5.21. The van der Waals surface area contributed by atoms with Gasteiger partial charge in [-0.1, -0.05) is 17.3 Å². The zero-order chi connectivity index (χ0) is 13.1. The average molecular weight is 255 g/mol. The third-order valence-corrected chi connectivity index (χ3v) is 2.18. The lowest BCUT2D eigenvalue weighted by Crippen LogP contribution is -2.05. The first-order valence-electron chi connectivity index (χ1n) is 5.21. The lowest BCUT2D eigenvalue weighted by Gasteiger charge is -2.07. The Hall–Kier alpha value is -2.02. The van der Waals surface area contributed by atoms with Gasteiger partial charge in [0.25, 0.3) is 0 Å². The van der Waals surface area contributed by atoms with Crippen LogP contribution in [0.5, 0.6) is 5.75 Å². The van der Waals surface area contributed by atoms with E-state index in [1.54, 1.807) is 25.1 Å². The van der Waals surface area contributed by atoms with Gasteiger partial charge < -0.3 is 15.0 Å². The van der Waals surface area contributed by atoms with Gasteiger partial charge in [-0.2, -0.15) is 13.8 Å². The highest BCUT2D eigenvalue weighted by molar-refractivity contribution is 5.63. The molecule has 2 rings (SSSR count). The lowest BCUT2D eigenvalue weighted by molar-refractivity contribution is -0.0494. The Morgan fingerprint density at radius 3 is 2.67 bits per heavy atom. The van der Waals surface area contributed by atoms with Crippen molar-refractivity contribution in [1.29, 1.82) is 0 Å². The smallest absolute Gasteiger partial charge is 0.387 e. The third kappa shape index (κ3) is 2.62. The number of ether oxygens (including phenoxy) is 1. The summed E-state index contributed by atoms with van der Waals surface area (Å²) in [5.74, 6) is 0.389. The zero-order valence-corrected chi connectivity index (χ0v) is 9.51. The van der Waals surface area contributed by atoms with Crippen LogP contribution in [0.2, 0.25) is 0 Å². The van der Waals surface area contributed by atoms with Crippen molar-refractivity contribution < 1.29 is 18.0 Å². The molecule has 7 heteroatoms. The predicted octanol–water partition coefficient (Wildman–Crippen LogP) is 2.36. The van der Waals surface area contributed by atoms with E-state index in [-0.39, 0.29) is 17.5 Å². The molecule has 0 aliphatic heterocycles. The molecule has 0 radical (unpaired) electrons. The van der Waals surface area contributed by atoms with Crippen molar-refractivity contribution in [3.05, 3.63) is 30.2 Å². The summed E-state index contributed by atoms with van der Waals surface area (Å²) >= 11 is 0. The molecule has 2 aromatic rings. The zero-order valence-electron chi connectivity index (χ0n) is 9.51. The van der Waals surface area contributed by atoms with Crippen molar-refractivity contribution in [3.63, 3.8) is 0 Å². The van der Waals surface area contributed by atoms with E-state index < -0.39 is 12.7 Å². The molecular formula is C11H11F2N3O2. The number of para-hydroxylation sites is 1. The van der Waals surface area contributed by atoms with E-state index >= 15 is 0 Å². The number of hydrogen-bond donors (Lipinski definition) is 1. The Morgan fingerprint density at radius 2 is 2.06 bits per heavy atom. The SMILES string of the molecule is CC(N)c1nc(-c2ccccc2OC(F)F)no1. The number of rotatable bonds is 4. The second-order valence-electron chi connectivity index (χ2n) is 3.62. The van der Waals surface area contributed by atoms with E-state index in [2.05, 4.69) is 14.9 Å². The number of nitrogens with two attached hydrogens (primary N) is 1. The van der Waals surface area contributed by atoms with Gasteiger partial charge in [0.2, 0.25) is 11.7 Å². The molecule has 0 fully saturated rings. The van der Waals surface area contributed by atoms with Crippen LogP contribution >= 0.6 is 0 Å². The number of benzene rings is 1. The maximum absolute atomic E-state index is 12.2. The number of aromatic nitrogens is 2. The topological polar surface area (TPSA) is 74.2 Å². The van der Waals surface area contributed by atoms with Gasteiger partial charge in [0.1, 0.15) is 5.75 Å². The van der Waals surface area contributed by atoms with Crippen LogP contribution in [0.3, 0.4) is 0 Å². The predicted molar refractivity (Wildman–Crippen MR) is 59.0 cm³/mol. The summed E-state index contributed by atoms with van der Waals surface area (Å²) in [6, 6.07) is 5.79. The minimum absolute atomic E-state index is 0.00970. The van der Waals surface area contributed by atoms with Crippen LogP contribution in [0.1, 0.15) is 18.9 Å². The van der Waals surface area contributed by atoms with Crippen molar-refractivity contribution in [2.45, 2.75) is 19.6 Å². The molecule has 1 aromatic heterocycles. The summed E-state index contributed by atoms with van der Waals surface area (Å²) < 4.78 is 33.8. The van der Waals surface area contributed by atoms with E-state index in [0.717, 1.165) is 0 Å². The van der Waals surface area contributed by atoms with E-state index in [4.69, 9.17) is 10.3 Å². The Bertz CT molecular complexity index is 529. The number of nitrogens with zero attached hydrogens (tertiary/aromatic N) is 2. The second-order valence-corrected chi connectivity index (χ2v) is 3.62. The highest BCUT2D eigenvalue weighted by atomic mass is 19.3. The molecule has 0 saturated heterocycles. The highest BCUT2D eigenvalue weighted by Gasteiger charge is 2.16. The summed E-state index contributed by atoms with van der Waals surface area (Å²) in [7, 11) is 0. The van der Waals surface area contributed by atoms with Crippen molar-refractivity contribution >= 4 is 0 Å². The molecule has 18 heavy (non-hydrogen) atoms. The van der Waals surface area contributed by atoms with Crippen LogP contribution in [0, 0.1) is 0 Å². The van der Waals surface area contributed by atoms with E-state index in [1.165, 1.54) is 6.07 Å². The Kier molecular flexibility index (Phi) is 3.52. The number of hydrogen-bond acceptors (Lipinski definition) is 5. The summed E-state index contributed by atoms with van der Waals surface area (Å²) in [6.45, 7) is -1.23. The summed E-state index contributed by atoms with van der Waals surface area (Å²) in [6.07, 6.45) is 0. The van der Waals surface area contributed by atoms with Crippen LogP contribution in [0.25, 0.3) is 11.4 Å². The second kappa shape index (κ2) is 5.09. The minimum atomic E-state index is -2.91. The third-order valence-electron chi connectivity index (χ3n) is 2.18. The first-order chi connectivity index (χ1) is 8.58. The van der Waals surface area contributed by atoms with Crippen LogP contribution in [-0.2, 0) is 0 Å². The van der Waals surface area contributed by atoms with Crippen LogP contribution < -0.4 is 10.5 Å². The Labute approximate surface area is 102 Å². The minimum Gasteiger partial charge on any atom is -0.434 e. The maximum Gasteiger partial charge on any atom is 0.387 e. The Balaban J connectivity index is 2.36. The number of halogens is 2. The van der Waals surface area contributed by atoms with Crippen molar-refractivity contribution in [1.82, 2.24) is 10.1 Å². The summed E-state index contributed by atoms with van der Waals surface area (Å²) in [4.78, 5) is 4.02. The van der Waals surface area contributed by atoms with E-state index in [1.807, 2.05) is 0 Å². The van der Waals surface area contributed by atoms with Gasteiger partial charge in [0.15, 0.2) is 0 Å². The van der Waals surface area contributed by atoms with Gasteiger partial charge >= 0.3 is 6.61 Å². The molecule has 0 saturated carbocycles. The molecule has 0 aliphatic rings. The fourth-order valence-electron chi connectivity index (χ4n) is 1.38. The number of alkyl halides is 2. The first kappa shape index (κ1) is 12.4. The summed E-state index contributed by atoms with van der Waals surface area (Å²) in [5.41, 5.74) is 5.90. The molecule has 1 aromatic carbocycles.